The molecule has 0 fully saturated rings. The topological polar surface area (TPSA) is 20.2 Å². The molecule has 0 heterocycles. The molecule has 2 unspecified atom stereocenters. The quantitative estimate of drug-likeness (QED) is 0.477. The maximum Gasteiger partial charge on any atom is 0.0543 e. The predicted octanol–water partition coefficient (Wildman–Crippen LogP) is 2.59. The summed E-state index contributed by atoms with van der Waals surface area (Å²) < 4.78 is 0. The second-order valence-corrected chi connectivity index (χ2v) is 3.50. The second-order valence-electron chi connectivity index (χ2n) is 3.50. The van der Waals surface area contributed by atoms with Crippen molar-refractivity contribution in [3.05, 3.63) is 0 Å². The van der Waals surface area contributed by atoms with Gasteiger partial charge in [0.25, 0.3) is 0 Å². The molecular weight excluding hydrogens is 148 g/mol. The van der Waals surface area contributed by atoms with Crippen molar-refractivity contribution in [2.45, 2.75) is 52.1 Å². The number of aliphatic hydroxyl groups is 1. The maximum absolute atomic E-state index is 9.51. The fraction of sp³-hybridized carbons (Fsp3) is 0.818. The summed E-state index contributed by atoms with van der Waals surface area (Å²) in [6, 6.07) is 0. The van der Waals surface area contributed by atoms with Crippen LogP contribution in [0.2, 0.25) is 0 Å². The molecule has 0 aromatic heterocycles. The van der Waals surface area contributed by atoms with E-state index < -0.39 is 0 Å². The van der Waals surface area contributed by atoms with Gasteiger partial charge in [0.05, 0.1) is 6.10 Å². The average molecular weight is 168 g/mol. The van der Waals surface area contributed by atoms with Crippen LogP contribution < -0.4 is 0 Å². The van der Waals surface area contributed by atoms with Crippen molar-refractivity contribution in [3.8, 4) is 12.3 Å². The summed E-state index contributed by atoms with van der Waals surface area (Å²) in [5.74, 6) is 3.21. The van der Waals surface area contributed by atoms with Crippen LogP contribution in [0.4, 0.5) is 0 Å². The van der Waals surface area contributed by atoms with Crippen LogP contribution >= 0.6 is 0 Å². The minimum atomic E-state index is -0.145. The van der Waals surface area contributed by atoms with E-state index in [1.165, 1.54) is 0 Å². The molecule has 12 heavy (non-hydrogen) atoms. The van der Waals surface area contributed by atoms with Gasteiger partial charge in [-0.1, -0.05) is 20.3 Å². The molecule has 0 aromatic carbocycles. The van der Waals surface area contributed by atoms with E-state index in [2.05, 4.69) is 19.8 Å². The first-order chi connectivity index (χ1) is 5.70. The average Bonchev–Trinajstić information content (AvgIpc) is 2.05. The van der Waals surface area contributed by atoms with E-state index in [4.69, 9.17) is 6.42 Å². The first-order valence-electron chi connectivity index (χ1n) is 4.82. The number of rotatable bonds is 6. The van der Waals surface area contributed by atoms with Crippen molar-refractivity contribution < 1.29 is 5.11 Å². The summed E-state index contributed by atoms with van der Waals surface area (Å²) >= 11 is 0. The third-order valence-electron chi connectivity index (χ3n) is 2.23. The van der Waals surface area contributed by atoms with Crippen molar-refractivity contribution in [3.63, 3.8) is 0 Å². The maximum atomic E-state index is 9.51. The Bertz CT molecular complexity index is 134. The summed E-state index contributed by atoms with van der Waals surface area (Å²) in [4.78, 5) is 0. The molecule has 0 aliphatic carbocycles. The van der Waals surface area contributed by atoms with Gasteiger partial charge in [0.15, 0.2) is 0 Å². The highest BCUT2D eigenvalue weighted by atomic mass is 16.3. The van der Waals surface area contributed by atoms with Gasteiger partial charge in [-0.05, 0) is 25.2 Å². The fourth-order valence-corrected chi connectivity index (χ4v) is 1.19. The van der Waals surface area contributed by atoms with Gasteiger partial charge >= 0.3 is 0 Å². The van der Waals surface area contributed by atoms with Crippen LogP contribution in [0.15, 0.2) is 0 Å². The smallest absolute Gasteiger partial charge is 0.0543 e. The predicted molar refractivity (Wildman–Crippen MR) is 52.8 cm³/mol. The Labute approximate surface area is 76.2 Å². The Kier molecular flexibility index (Phi) is 6.90. The van der Waals surface area contributed by atoms with Crippen LogP contribution in [0, 0.1) is 18.3 Å². The molecule has 0 radical (unpaired) electrons. The van der Waals surface area contributed by atoms with Crippen molar-refractivity contribution in [1.29, 1.82) is 0 Å². The van der Waals surface area contributed by atoms with E-state index in [0.29, 0.717) is 5.92 Å². The zero-order valence-electron chi connectivity index (χ0n) is 8.21. The van der Waals surface area contributed by atoms with Crippen molar-refractivity contribution in [2.75, 3.05) is 0 Å². The highest BCUT2D eigenvalue weighted by Gasteiger charge is 2.07. The number of hydrogen-bond acceptors (Lipinski definition) is 1. The SMILES string of the molecule is C#CCCCC(O)CC(C)CC. The number of unbranched alkanes of at least 4 members (excludes halogenated alkanes) is 1. The molecular formula is C11H20O. The zero-order valence-corrected chi connectivity index (χ0v) is 8.21. The van der Waals surface area contributed by atoms with E-state index in [9.17, 15) is 5.11 Å². The highest BCUT2D eigenvalue weighted by molar-refractivity contribution is 4.83. The molecule has 1 N–H and O–H groups in total. The lowest BCUT2D eigenvalue weighted by Crippen LogP contribution is -2.10. The molecule has 0 bridgehead atoms. The highest BCUT2D eigenvalue weighted by Crippen LogP contribution is 2.13. The van der Waals surface area contributed by atoms with Crippen LogP contribution in [-0.4, -0.2) is 11.2 Å². The molecule has 0 aromatic rings. The Morgan fingerprint density at radius 1 is 1.50 bits per heavy atom. The Morgan fingerprint density at radius 2 is 2.17 bits per heavy atom. The summed E-state index contributed by atoms with van der Waals surface area (Å²) in [5, 5.41) is 9.51. The lowest BCUT2D eigenvalue weighted by molar-refractivity contribution is 0.133. The summed E-state index contributed by atoms with van der Waals surface area (Å²) in [6.45, 7) is 4.32. The first kappa shape index (κ1) is 11.5. The Hall–Kier alpha value is -0.480. The van der Waals surface area contributed by atoms with Crippen LogP contribution in [0.5, 0.6) is 0 Å². The van der Waals surface area contributed by atoms with Gasteiger partial charge < -0.3 is 5.11 Å². The molecule has 70 valence electrons. The normalized spacial score (nSPS) is 15.2. The summed E-state index contributed by atoms with van der Waals surface area (Å²) in [6.07, 6.45) is 9.63. The van der Waals surface area contributed by atoms with Crippen LogP contribution in [0.1, 0.15) is 46.0 Å². The third kappa shape index (κ3) is 6.24. The van der Waals surface area contributed by atoms with Gasteiger partial charge in [-0.25, -0.2) is 0 Å². The van der Waals surface area contributed by atoms with Crippen LogP contribution in [0.25, 0.3) is 0 Å². The first-order valence-corrected chi connectivity index (χ1v) is 4.82. The second kappa shape index (κ2) is 7.18. The summed E-state index contributed by atoms with van der Waals surface area (Å²) in [7, 11) is 0. The van der Waals surface area contributed by atoms with E-state index >= 15 is 0 Å². The monoisotopic (exact) mass is 168 g/mol. The molecule has 1 nitrogen and oxygen atoms in total. The van der Waals surface area contributed by atoms with Gasteiger partial charge in [0, 0.05) is 6.42 Å². The molecule has 0 amide bonds. The van der Waals surface area contributed by atoms with E-state index in [1.54, 1.807) is 0 Å². The fourth-order valence-electron chi connectivity index (χ4n) is 1.19. The van der Waals surface area contributed by atoms with E-state index in [-0.39, 0.29) is 6.10 Å². The van der Waals surface area contributed by atoms with Gasteiger partial charge in [0.2, 0.25) is 0 Å². The van der Waals surface area contributed by atoms with Crippen molar-refractivity contribution >= 4 is 0 Å². The third-order valence-corrected chi connectivity index (χ3v) is 2.23. The largest absolute Gasteiger partial charge is 0.393 e. The number of aliphatic hydroxyl groups excluding tert-OH is 1. The lowest BCUT2D eigenvalue weighted by atomic mass is 9.98. The van der Waals surface area contributed by atoms with Crippen molar-refractivity contribution in [2.24, 2.45) is 5.92 Å². The molecule has 0 spiro atoms. The molecule has 2 atom stereocenters. The molecule has 0 aliphatic heterocycles. The lowest BCUT2D eigenvalue weighted by Gasteiger charge is -2.13. The van der Waals surface area contributed by atoms with Crippen molar-refractivity contribution in [1.82, 2.24) is 0 Å². The van der Waals surface area contributed by atoms with Gasteiger partial charge in [-0.3, -0.25) is 0 Å². The minimum absolute atomic E-state index is 0.145. The number of terminal acetylenes is 1. The van der Waals surface area contributed by atoms with E-state index in [0.717, 1.165) is 32.1 Å². The number of hydrogen-bond donors (Lipinski definition) is 1. The summed E-state index contributed by atoms with van der Waals surface area (Å²) in [5.41, 5.74) is 0. The molecule has 1 heteroatoms. The molecule has 0 rings (SSSR count). The van der Waals surface area contributed by atoms with Gasteiger partial charge in [-0.15, -0.1) is 12.3 Å². The standard InChI is InChI=1S/C11H20O/c1-4-6-7-8-11(12)9-10(3)5-2/h1,10-12H,5-9H2,2-3H3. The van der Waals surface area contributed by atoms with Gasteiger partial charge in [0.1, 0.15) is 0 Å². The minimum Gasteiger partial charge on any atom is -0.393 e. The van der Waals surface area contributed by atoms with E-state index in [1.807, 2.05) is 0 Å². The van der Waals surface area contributed by atoms with Crippen LogP contribution in [0.3, 0.4) is 0 Å². The van der Waals surface area contributed by atoms with Crippen LogP contribution in [-0.2, 0) is 0 Å². The molecule has 0 saturated heterocycles. The Morgan fingerprint density at radius 3 is 2.67 bits per heavy atom. The molecule has 0 saturated carbocycles. The Balaban J connectivity index is 3.33. The van der Waals surface area contributed by atoms with Gasteiger partial charge in [-0.2, -0.15) is 0 Å². The molecule has 0 aliphatic rings. The zero-order chi connectivity index (χ0) is 9.40.